The second kappa shape index (κ2) is 6.55. The highest BCUT2D eigenvalue weighted by atomic mass is 16.4. The maximum absolute atomic E-state index is 11.4. The Morgan fingerprint density at radius 3 is 2.50 bits per heavy atom. The van der Waals surface area contributed by atoms with E-state index >= 15 is 0 Å². The Kier molecular flexibility index (Phi) is 4.76. The molecule has 0 heterocycles. The van der Waals surface area contributed by atoms with Gasteiger partial charge in [-0.2, -0.15) is 0 Å². The summed E-state index contributed by atoms with van der Waals surface area (Å²) in [4.78, 5) is 11.4. The molecule has 0 amide bonds. The summed E-state index contributed by atoms with van der Waals surface area (Å²) in [5.41, 5.74) is 1.14. The molecule has 2 N–H and O–H groups in total. The summed E-state index contributed by atoms with van der Waals surface area (Å²) in [6.45, 7) is 0.633. The zero-order valence-corrected chi connectivity index (χ0v) is 10.6. The monoisotopic (exact) mass is 247 g/mol. The second-order valence-corrected chi connectivity index (χ2v) is 5.08. The van der Waals surface area contributed by atoms with Crippen LogP contribution in [0.15, 0.2) is 30.3 Å². The minimum Gasteiger partial charge on any atom is -0.480 e. The molecule has 3 heteroatoms. The van der Waals surface area contributed by atoms with E-state index < -0.39 is 12.0 Å². The van der Waals surface area contributed by atoms with E-state index in [-0.39, 0.29) is 0 Å². The molecule has 0 aromatic heterocycles. The number of carboxylic acid groups (broad SMARTS) is 1. The van der Waals surface area contributed by atoms with Gasteiger partial charge in [0.1, 0.15) is 6.04 Å². The third-order valence-electron chi connectivity index (χ3n) is 3.76. The lowest BCUT2D eigenvalue weighted by atomic mass is 9.84. The molecule has 0 bridgehead atoms. The lowest BCUT2D eigenvalue weighted by molar-refractivity contribution is -0.141. The fraction of sp³-hybridized carbons (Fsp3) is 0.533. The fourth-order valence-electron chi connectivity index (χ4n) is 2.75. The summed E-state index contributed by atoms with van der Waals surface area (Å²) >= 11 is 0. The van der Waals surface area contributed by atoms with Crippen LogP contribution in [0.1, 0.15) is 37.7 Å². The maximum Gasteiger partial charge on any atom is 0.320 e. The lowest BCUT2D eigenvalue weighted by Gasteiger charge is -2.28. The third kappa shape index (κ3) is 3.57. The summed E-state index contributed by atoms with van der Waals surface area (Å²) in [6, 6.07) is 9.57. The molecule has 1 saturated carbocycles. The molecule has 0 unspecified atom stereocenters. The first-order chi connectivity index (χ1) is 8.77. The number of aliphatic carboxylic acids is 1. The lowest BCUT2D eigenvalue weighted by Crippen LogP contribution is -2.43. The minimum atomic E-state index is -0.710. The van der Waals surface area contributed by atoms with Crippen molar-refractivity contribution >= 4 is 5.97 Å². The molecule has 0 saturated heterocycles. The SMILES string of the molecule is O=C(O)[C@@H](NCc1ccccc1)C1CCCCC1. The van der Waals surface area contributed by atoms with Crippen molar-refractivity contribution in [3.05, 3.63) is 35.9 Å². The number of carboxylic acids is 1. The van der Waals surface area contributed by atoms with Crippen LogP contribution in [-0.4, -0.2) is 17.1 Å². The maximum atomic E-state index is 11.4. The number of hydrogen-bond acceptors (Lipinski definition) is 2. The topological polar surface area (TPSA) is 49.3 Å². The van der Waals surface area contributed by atoms with Crippen molar-refractivity contribution in [2.75, 3.05) is 0 Å². The van der Waals surface area contributed by atoms with Gasteiger partial charge in [0.05, 0.1) is 0 Å². The van der Waals surface area contributed by atoms with Crippen molar-refractivity contribution in [1.82, 2.24) is 5.32 Å². The quantitative estimate of drug-likeness (QED) is 0.841. The Hall–Kier alpha value is -1.35. The van der Waals surface area contributed by atoms with E-state index in [2.05, 4.69) is 5.32 Å². The molecule has 18 heavy (non-hydrogen) atoms. The molecule has 2 rings (SSSR count). The summed E-state index contributed by atoms with van der Waals surface area (Å²) < 4.78 is 0. The highest BCUT2D eigenvalue weighted by molar-refractivity contribution is 5.73. The molecule has 1 fully saturated rings. The van der Waals surface area contributed by atoms with Gasteiger partial charge in [-0.3, -0.25) is 4.79 Å². The Labute approximate surface area is 108 Å². The molecule has 0 radical (unpaired) electrons. The number of hydrogen-bond donors (Lipinski definition) is 2. The van der Waals surface area contributed by atoms with E-state index in [9.17, 15) is 9.90 Å². The average Bonchev–Trinajstić information content (AvgIpc) is 2.41. The Bertz CT molecular complexity index is 371. The van der Waals surface area contributed by atoms with E-state index in [1.807, 2.05) is 30.3 Å². The van der Waals surface area contributed by atoms with E-state index in [1.165, 1.54) is 19.3 Å². The van der Waals surface area contributed by atoms with Crippen LogP contribution in [0, 0.1) is 5.92 Å². The first-order valence-corrected chi connectivity index (χ1v) is 6.77. The van der Waals surface area contributed by atoms with Crippen LogP contribution in [-0.2, 0) is 11.3 Å². The predicted molar refractivity (Wildman–Crippen MR) is 71.3 cm³/mol. The smallest absolute Gasteiger partial charge is 0.320 e. The first kappa shape index (κ1) is 13.1. The zero-order valence-electron chi connectivity index (χ0n) is 10.6. The second-order valence-electron chi connectivity index (χ2n) is 5.08. The van der Waals surface area contributed by atoms with Crippen LogP contribution in [0.25, 0.3) is 0 Å². The van der Waals surface area contributed by atoms with Gasteiger partial charge in [-0.05, 0) is 24.3 Å². The Balaban J connectivity index is 1.92. The van der Waals surface area contributed by atoms with Crippen molar-refractivity contribution in [3.63, 3.8) is 0 Å². The number of nitrogens with one attached hydrogen (secondary N) is 1. The average molecular weight is 247 g/mol. The van der Waals surface area contributed by atoms with Gasteiger partial charge in [0, 0.05) is 6.54 Å². The molecule has 0 spiro atoms. The van der Waals surface area contributed by atoms with E-state index in [0.717, 1.165) is 18.4 Å². The first-order valence-electron chi connectivity index (χ1n) is 6.77. The van der Waals surface area contributed by atoms with Crippen molar-refractivity contribution in [1.29, 1.82) is 0 Å². The van der Waals surface area contributed by atoms with E-state index in [1.54, 1.807) is 0 Å². The van der Waals surface area contributed by atoms with Crippen LogP contribution in [0.3, 0.4) is 0 Å². The molecular weight excluding hydrogens is 226 g/mol. The molecule has 1 atom stereocenters. The molecule has 0 aliphatic heterocycles. The number of carbonyl (C=O) groups is 1. The van der Waals surface area contributed by atoms with Gasteiger partial charge in [0.15, 0.2) is 0 Å². The van der Waals surface area contributed by atoms with Crippen molar-refractivity contribution in [2.24, 2.45) is 5.92 Å². The van der Waals surface area contributed by atoms with Gasteiger partial charge < -0.3 is 10.4 Å². The molecule has 1 aliphatic carbocycles. The number of rotatable bonds is 5. The van der Waals surface area contributed by atoms with Crippen LogP contribution in [0.2, 0.25) is 0 Å². The highest BCUT2D eigenvalue weighted by Crippen LogP contribution is 2.26. The standard InChI is InChI=1S/C15H21NO2/c17-15(18)14(13-9-5-2-6-10-13)16-11-12-7-3-1-4-8-12/h1,3-4,7-8,13-14,16H,2,5-6,9-11H2,(H,17,18)/t14-/m0/s1. The predicted octanol–water partition coefficient (Wildman–Crippen LogP) is 2.81. The van der Waals surface area contributed by atoms with Crippen molar-refractivity contribution in [3.8, 4) is 0 Å². The van der Waals surface area contributed by atoms with Gasteiger partial charge in [-0.1, -0.05) is 49.6 Å². The summed E-state index contributed by atoms with van der Waals surface area (Å²) in [7, 11) is 0. The summed E-state index contributed by atoms with van der Waals surface area (Å²) in [5.74, 6) is -0.419. The van der Waals surface area contributed by atoms with Gasteiger partial charge in [0.25, 0.3) is 0 Å². The Morgan fingerprint density at radius 1 is 1.22 bits per heavy atom. The molecule has 1 aromatic rings. The summed E-state index contributed by atoms with van der Waals surface area (Å²) in [6.07, 6.45) is 5.67. The molecular formula is C15H21NO2. The molecule has 1 aliphatic rings. The van der Waals surface area contributed by atoms with Crippen molar-refractivity contribution in [2.45, 2.75) is 44.7 Å². The van der Waals surface area contributed by atoms with Crippen LogP contribution in [0.5, 0.6) is 0 Å². The fourth-order valence-corrected chi connectivity index (χ4v) is 2.75. The third-order valence-corrected chi connectivity index (χ3v) is 3.76. The zero-order chi connectivity index (χ0) is 12.8. The van der Waals surface area contributed by atoms with Gasteiger partial charge in [-0.25, -0.2) is 0 Å². The largest absolute Gasteiger partial charge is 0.480 e. The van der Waals surface area contributed by atoms with Gasteiger partial charge in [0.2, 0.25) is 0 Å². The van der Waals surface area contributed by atoms with Crippen LogP contribution < -0.4 is 5.32 Å². The van der Waals surface area contributed by atoms with Gasteiger partial charge in [-0.15, -0.1) is 0 Å². The van der Waals surface area contributed by atoms with E-state index in [0.29, 0.717) is 12.5 Å². The van der Waals surface area contributed by atoms with E-state index in [4.69, 9.17) is 0 Å². The normalized spacial score (nSPS) is 18.4. The van der Waals surface area contributed by atoms with Gasteiger partial charge >= 0.3 is 5.97 Å². The van der Waals surface area contributed by atoms with Crippen LogP contribution in [0.4, 0.5) is 0 Å². The summed E-state index contributed by atoms with van der Waals surface area (Å²) in [5, 5.41) is 12.5. The Morgan fingerprint density at radius 2 is 1.89 bits per heavy atom. The molecule has 98 valence electrons. The van der Waals surface area contributed by atoms with Crippen LogP contribution >= 0.6 is 0 Å². The molecule has 1 aromatic carbocycles. The number of benzene rings is 1. The minimum absolute atomic E-state index is 0.292. The molecule has 3 nitrogen and oxygen atoms in total. The van der Waals surface area contributed by atoms with Crippen molar-refractivity contribution < 1.29 is 9.90 Å². The highest BCUT2D eigenvalue weighted by Gasteiger charge is 2.28.